The number of nitrogens with one attached hydrogen (secondary N) is 1. The third kappa shape index (κ3) is 5.34. The van der Waals surface area contributed by atoms with Crippen LogP contribution in [0.1, 0.15) is 22.8 Å². The van der Waals surface area contributed by atoms with Crippen LogP contribution in [-0.2, 0) is 0 Å². The molecule has 0 saturated carbocycles. The van der Waals surface area contributed by atoms with Crippen LogP contribution in [0.4, 0.5) is 5.13 Å². The van der Waals surface area contributed by atoms with Crippen LogP contribution in [0.3, 0.4) is 0 Å². The summed E-state index contributed by atoms with van der Waals surface area (Å²) in [6, 6.07) is 11.8. The predicted molar refractivity (Wildman–Crippen MR) is 133 cm³/mol. The predicted octanol–water partition coefficient (Wildman–Crippen LogP) is 4.92. The Balaban J connectivity index is 1.24. The molecule has 1 saturated heterocycles. The first kappa shape index (κ1) is 22.4. The van der Waals surface area contributed by atoms with Crippen molar-refractivity contribution < 1.29 is 4.79 Å². The highest BCUT2D eigenvalue weighted by molar-refractivity contribution is 7.99. The van der Waals surface area contributed by atoms with Gasteiger partial charge in [-0.05, 0) is 54.6 Å². The van der Waals surface area contributed by atoms with Gasteiger partial charge in [0.25, 0.3) is 5.91 Å². The fourth-order valence-electron chi connectivity index (χ4n) is 3.69. The molecule has 0 unspecified atom stereocenters. The fraction of sp³-hybridized carbons (Fsp3) is 0.391. The summed E-state index contributed by atoms with van der Waals surface area (Å²) in [6.45, 7) is 9.48. The van der Waals surface area contributed by atoms with Crippen molar-refractivity contribution in [1.29, 1.82) is 0 Å². The molecular formula is C23H27ClN4OS2. The lowest BCUT2D eigenvalue weighted by molar-refractivity contribution is 0.0947. The lowest BCUT2D eigenvalue weighted by Gasteiger charge is -2.34. The number of piperazine rings is 1. The van der Waals surface area contributed by atoms with Crippen LogP contribution in [0.2, 0.25) is 5.02 Å². The number of carbonyl (C=O) groups excluding carboxylic acids is 1. The van der Waals surface area contributed by atoms with Crippen molar-refractivity contribution in [3.8, 4) is 0 Å². The average molecular weight is 475 g/mol. The van der Waals surface area contributed by atoms with E-state index in [9.17, 15) is 4.79 Å². The largest absolute Gasteiger partial charge is 0.351 e. The van der Waals surface area contributed by atoms with E-state index in [2.05, 4.69) is 28.1 Å². The lowest BCUT2D eigenvalue weighted by atomic mass is 10.2. The first-order chi connectivity index (χ1) is 15.0. The molecule has 4 rings (SSSR count). The topological polar surface area (TPSA) is 48.5 Å². The second-order valence-corrected chi connectivity index (χ2v) is 10.3. The van der Waals surface area contributed by atoms with Crippen LogP contribution in [0.25, 0.3) is 10.2 Å². The van der Waals surface area contributed by atoms with Crippen molar-refractivity contribution in [3.05, 3.63) is 52.5 Å². The minimum Gasteiger partial charge on any atom is -0.351 e. The van der Waals surface area contributed by atoms with Gasteiger partial charge < -0.3 is 10.2 Å². The number of nitrogens with zero attached hydrogens (tertiary/aromatic N) is 3. The van der Waals surface area contributed by atoms with Gasteiger partial charge in [-0.15, -0.1) is 11.8 Å². The summed E-state index contributed by atoms with van der Waals surface area (Å²) in [4.78, 5) is 23.2. The third-order valence-electron chi connectivity index (χ3n) is 5.52. The van der Waals surface area contributed by atoms with E-state index in [0.717, 1.165) is 65.3 Å². The summed E-state index contributed by atoms with van der Waals surface area (Å²) in [5.74, 6) is 1.03. The highest BCUT2D eigenvalue weighted by Crippen LogP contribution is 2.33. The van der Waals surface area contributed by atoms with Gasteiger partial charge in [0, 0.05) is 54.8 Å². The van der Waals surface area contributed by atoms with Crippen LogP contribution in [0.15, 0.2) is 41.3 Å². The van der Waals surface area contributed by atoms with Crippen molar-refractivity contribution in [1.82, 2.24) is 15.2 Å². The van der Waals surface area contributed by atoms with Crippen molar-refractivity contribution in [2.24, 2.45) is 0 Å². The molecule has 8 heteroatoms. The Labute approximate surface area is 196 Å². The van der Waals surface area contributed by atoms with Crippen LogP contribution in [-0.4, -0.2) is 60.8 Å². The van der Waals surface area contributed by atoms with Crippen LogP contribution in [0, 0.1) is 6.92 Å². The maximum atomic E-state index is 12.4. The summed E-state index contributed by atoms with van der Waals surface area (Å²) in [6.07, 6.45) is 0. The van der Waals surface area contributed by atoms with E-state index in [1.165, 1.54) is 9.60 Å². The Kier molecular flexibility index (Phi) is 7.38. The quantitative estimate of drug-likeness (QED) is 0.492. The van der Waals surface area contributed by atoms with Gasteiger partial charge in [-0.2, -0.15) is 0 Å². The Morgan fingerprint density at radius 2 is 1.90 bits per heavy atom. The number of rotatable bonds is 7. The molecular weight excluding hydrogens is 448 g/mol. The van der Waals surface area contributed by atoms with E-state index in [1.54, 1.807) is 23.1 Å². The molecule has 1 fully saturated rings. The van der Waals surface area contributed by atoms with Crippen molar-refractivity contribution in [2.75, 3.05) is 49.9 Å². The number of hydrogen-bond acceptors (Lipinski definition) is 6. The molecule has 0 aliphatic carbocycles. The van der Waals surface area contributed by atoms with Gasteiger partial charge in [0.15, 0.2) is 5.13 Å². The molecule has 2 heterocycles. The second-order valence-electron chi connectivity index (χ2n) is 7.56. The zero-order valence-electron chi connectivity index (χ0n) is 17.9. The number of aromatic nitrogens is 1. The number of thiazole rings is 1. The first-order valence-electron chi connectivity index (χ1n) is 10.6. The smallest absolute Gasteiger partial charge is 0.251 e. The van der Waals surface area contributed by atoms with E-state index >= 15 is 0 Å². The molecule has 0 atom stereocenters. The maximum absolute atomic E-state index is 12.4. The number of aryl methyl sites for hydroxylation is 1. The molecule has 1 amide bonds. The standard InChI is InChI=1S/C23H27ClN4OS2/c1-3-30-18-6-4-17(5-7-18)22(29)25-10-11-27-12-14-28(15-13-27)23-26-21-16(2)19(24)8-9-20(21)31-23/h4-9H,3,10-15H2,1-2H3,(H,25,29). The van der Waals surface area contributed by atoms with E-state index in [0.29, 0.717) is 6.54 Å². The lowest BCUT2D eigenvalue weighted by Crippen LogP contribution is -2.48. The van der Waals surface area contributed by atoms with Crippen molar-refractivity contribution >= 4 is 56.0 Å². The summed E-state index contributed by atoms with van der Waals surface area (Å²) in [5.41, 5.74) is 2.78. The van der Waals surface area contributed by atoms with Crippen LogP contribution < -0.4 is 10.2 Å². The summed E-state index contributed by atoms with van der Waals surface area (Å²) >= 11 is 9.76. The minimum atomic E-state index is -0.00445. The fourth-order valence-corrected chi connectivity index (χ4v) is 5.58. The molecule has 1 aliphatic heterocycles. The molecule has 0 bridgehead atoms. The van der Waals surface area contributed by atoms with Gasteiger partial charge in [0.1, 0.15) is 0 Å². The average Bonchev–Trinajstić information content (AvgIpc) is 3.23. The van der Waals surface area contributed by atoms with Gasteiger partial charge in [0.05, 0.1) is 10.2 Å². The minimum absolute atomic E-state index is 0.00445. The summed E-state index contributed by atoms with van der Waals surface area (Å²) < 4.78 is 1.18. The molecule has 5 nitrogen and oxygen atoms in total. The van der Waals surface area contributed by atoms with Gasteiger partial charge in [0.2, 0.25) is 0 Å². The zero-order chi connectivity index (χ0) is 21.8. The molecule has 0 radical (unpaired) electrons. The molecule has 1 aliphatic rings. The van der Waals surface area contributed by atoms with Gasteiger partial charge in [-0.25, -0.2) is 4.98 Å². The normalized spacial score (nSPS) is 14.9. The first-order valence-corrected chi connectivity index (χ1v) is 12.8. The zero-order valence-corrected chi connectivity index (χ0v) is 20.2. The van der Waals surface area contributed by atoms with Crippen molar-refractivity contribution in [2.45, 2.75) is 18.7 Å². The number of hydrogen-bond donors (Lipinski definition) is 1. The highest BCUT2D eigenvalue weighted by atomic mass is 35.5. The second kappa shape index (κ2) is 10.2. The number of amides is 1. The molecule has 1 N–H and O–H groups in total. The number of thioether (sulfide) groups is 1. The molecule has 0 spiro atoms. The van der Waals surface area contributed by atoms with Gasteiger partial charge >= 0.3 is 0 Å². The number of benzene rings is 2. The number of halogens is 1. The Bertz CT molecular complexity index is 1050. The van der Waals surface area contributed by atoms with E-state index in [4.69, 9.17) is 16.6 Å². The van der Waals surface area contributed by atoms with Gasteiger partial charge in [-0.3, -0.25) is 9.69 Å². The van der Waals surface area contributed by atoms with Gasteiger partial charge in [-0.1, -0.05) is 29.9 Å². The SMILES string of the molecule is CCSc1ccc(C(=O)NCCN2CCN(c3nc4c(C)c(Cl)ccc4s3)CC2)cc1. The summed E-state index contributed by atoms with van der Waals surface area (Å²) in [7, 11) is 0. The Morgan fingerprint density at radius 1 is 1.16 bits per heavy atom. The molecule has 31 heavy (non-hydrogen) atoms. The van der Waals surface area contributed by atoms with E-state index in [1.807, 2.05) is 37.3 Å². The Hall–Kier alpha value is -1.80. The third-order valence-corrected chi connectivity index (χ3v) is 7.91. The molecule has 164 valence electrons. The molecule has 3 aromatic rings. The number of anilines is 1. The van der Waals surface area contributed by atoms with E-state index < -0.39 is 0 Å². The monoisotopic (exact) mass is 474 g/mol. The number of carbonyl (C=O) groups is 1. The van der Waals surface area contributed by atoms with Crippen LogP contribution in [0.5, 0.6) is 0 Å². The number of fused-ring (bicyclic) bond motifs is 1. The highest BCUT2D eigenvalue weighted by Gasteiger charge is 2.20. The summed E-state index contributed by atoms with van der Waals surface area (Å²) in [5, 5.41) is 4.88. The van der Waals surface area contributed by atoms with Crippen molar-refractivity contribution in [3.63, 3.8) is 0 Å². The molecule has 2 aromatic carbocycles. The van der Waals surface area contributed by atoms with Crippen LogP contribution >= 0.6 is 34.7 Å². The maximum Gasteiger partial charge on any atom is 0.251 e. The Morgan fingerprint density at radius 3 is 2.61 bits per heavy atom. The molecule has 1 aromatic heterocycles. The van der Waals surface area contributed by atoms with E-state index in [-0.39, 0.29) is 5.91 Å².